The number of aromatic nitrogens is 3. The van der Waals surface area contributed by atoms with Gasteiger partial charge >= 0.3 is 11.8 Å². The molecule has 0 aliphatic heterocycles. The number of carboxylic acids is 1. The highest BCUT2D eigenvalue weighted by Gasteiger charge is 2.22. The van der Waals surface area contributed by atoms with Crippen LogP contribution in [-0.2, 0) is 6.54 Å². The molecule has 0 bridgehead atoms. The molecule has 0 saturated heterocycles. The van der Waals surface area contributed by atoms with Gasteiger partial charge in [0.1, 0.15) is 12.1 Å². The second-order valence-corrected chi connectivity index (χ2v) is 3.63. The summed E-state index contributed by atoms with van der Waals surface area (Å²) in [5, 5.41) is 26.1. The van der Waals surface area contributed by atoms with Crippen molar-refractivity contribution in [2.24, 2.45) is 0 Å². The van der Waals surface area contributed by atoms with Crippen LogP contribution in [0.3, 0.4) is 0 Å². The summed E-state index contributed by atoms with van der Waals surface area (Å²) < 4.78 is 5.84. The highest BCUT2D eigenvalue weighted by atomic mass is 35.5. The van der Waals surface area contributed by atoms with Crippen LogP contribution in [0, 0.1) is 10.1 Å². The minimum atomic E-state index is -1.21. The van der Waals surface area contributed by atoms with Gasteiger partial charge in [-0.25, -0.2) is 4.79 Å². The minimum Gasteiger partial charge on any atom is -0.478 e. The zero-order valence-corrected chi connectivity index (χ0v) is 9.36. The normalized spacial score (nSPS) is 10.5. The molecule has 0 aliphatic rings. The Balaban J connectivity index is 2.29. The summed E-state index contributed by atoms with van der Waals surface area (Å²) >= 11 is 5.59. The van der Waals surface area contributed by atoms with E-state index in [-0.39, 0.29) is 22.9 Å². The first-order valence-corrected chi connectivity index (χ1v) is 4.91. The Bertz CT molecular complexity index is 619. The topological polar surface area (TPSA) is 124 Å². The maximum absolute atomic E-state index is 10.8. The van der Waals surface area contributed by atoms with Gasteiger partial charge in [0.15, 0.2) is 10.8 Å². The summed E-state index contributed by atoms with van der Waals surface area (Å²) in [6, 6.07) is 0. The van der Waals surface area contributed by atoms with E-state index in [1.165, 1.54) is 6.20 Å². The van der Waals surface area contributed by atoms with Crippen LogP contribution in [0.2, 0.25) is 5.02 Å². The zero-order valence-electron chi connectivity index (χ0n) is 8.61. The largest absolute Gasteiger partial charge is 0.478 e. The molecule has 2 aromatic heterocycles. The van der Waals surface area contributed by atoms with Crippen molar-refractivity contribution in [1.82, 2.24) is 14.9 Å². The molecule has 9 nitrogen and oxygen atoms in total. The molecule has 10 heteroatoms. The number of nitro groups is 1. The Morgan fingerprint density at radius 2 is 2.39 bits per heavy atom. The number of carboxylic acid groups (broad SMARTS) is 1. The number of rotatable bonds is 4. The predicted octanol–water partition coefficient (Wildman–Crippen LogP) is 1.18. The molecule has 2 heterocycles. The number of hydrogen-bond acceptors (Lipinski definition) is 6. The first kappa shape index (κ1) is 12.0. The van der Waals surface area contributed by atoms with Gasteiger partial charge in [-0.2, -0.15) is 4.68 Å². The Morgan fingerprint density at radius 1 is 1.67 bits per heavy atom. The first-order chi connectivity index (χ1) is 8.49. The highest BCUT2D eigenvalue weighted by Crippen LogP contribution is 2.22. The second-order valence-electron chi connectivity index (χ2n) is 3.22. The average Bonchev–Trinajstić information content (AvgIpc) is 2.85. The van der Waals surface area contributed by atoms with Gasteiger partial charge in [0.2, 0.25) is 0 Å². The molecule has 2 aromatic rings. The van der Waals surface area contributed by atoms with Crippen LogP contribution in [0.1, 0.15) is 16.1 Å². The van der Waals surface area contributed by atoms with Crippen LogP contribution in [0.25, 0.3) is 0 Å². The van der Waals surface area contributed by atoms with E-state index in [0.717, 1.165) is 10.9 Å². The Hall–Kier alpha value is -2.42. The monoisotopic (exact) mass is 272 g/mol. The lowest BCUT2D eigenvalue weighted by molar-refractivity contribution is -0.389. The van der Waals surface area contributed by atoms with Crippen LogP contribution in [-0.4, -0.2) is 30.9 Å². The molecule has 0 radical (unpaired) electrons. The van der Waals surface area contributed by atoms with Crippen LogP contribution in [0.5, 0.6) is 0 Å². The van der Waals surface area contributed by atoms with E-state index in [0.29, 0.717) is 0 Å². The van der Waals surface area contributed by atoms with E-state index >= 15 is 0 Å². The molecule has 2 rings (SSSR count). The molecular formula is C8H5ClN4O5. The lowest BCUT2D eigenvalue weighted by atomic mass is 10.2. The van der Waals surface area contributed by atoms with Gasteiger partial charge in [-0.15, -0.1) is 0 Å². The first-order valence-electron chi connectivity index (χ1n) is 4.53. The van der Waals surface area contributed by atoms with Crippen molar-refractivity contribution in [3.8, 4) is 0 Å². The van der Waals surface area contributed by atoms with Crippen molar-refractivity contribution in [2.45, 2.75) is 6.54 Å². The van der Waals surface area contributed by atoms with E-state index < -0.39 is 16.7 Å². The van der Waals surface area contributed by atoms with Crippen LogP contribution in [0.15, 0.2) is 16.9 Å². The molecule has 0 saturated carbocycles. The zero-order chi connectivity index (χ0) is 13.3. The smallest absolute Gasteiger partial charge is 0.408 e. The van der Waals surface area contributed by atoms with Gasteiger partial charge in [0.25, 0.3) is 0 Å². The number of nitrogens with zero attached hydrogens (tertiary/aromatic N) is 4. The number of hydrogen-bond donors (Lipinski definition) is 1. The fourth-order valence-corrected chi connectivity index (χ4v) is 1.51. The maximum Gasteiger partial charge on any atom is 0.408 e. The third-order valence-electron chi connectivity index (χ3n) is 2.05. The van der Waals surface area contributed by atoms with Crippen molar-refractivity contribution in [3.05, 3.63) is 38.9 Å². The fraction of sp³-hybridized carbons (Fsp3) is 0.125. The summed E-state index contributed by atoms with van der Waals surface area (Å²) in [6.07, 6.45) is 2.24. The lowest BCUT2D eigenvalue weighted by Gasteiger charge is -1.93. The number of carbonyl (C=O) groups is 1. The van der Waals surface area contributed by atoms with Gasteiger partial charge in [-0.1, -0.05) is 16.8 Å². The van der Waals surface area contributed by atoms with Gasteiger partial charge in [-0.3, -0.25) is 0 Å². The van der Waals surface area contributed by atoms with Crippen molar-refractivity contribution in [3.63, 3.8) is 0 Å². The molecule has 0 fully saturated rings. The maximum atomic E-state index is 10.8. The van der Waals surface area contributed by atoms with Crippen LogP contribution >= 0.6 is 11.6 Å². The number of aromatic carboxylic acids is 1. The minimum absolute atomic E-state index is 0.0246. The Labute approximate surface area is 104 Å². The van der Waals surface area contributed by atoms with E-state index in [2.05, 4.69) is 10.3 Å². The third-order valence-corrected chi connectivity index (χ3v) is 2.32. The van der Waals surface area contributed by atoms with E-state index in [1.54, 1.807) is 0 Å². The molecule has 0 amide bonds. The fourth-order valence-electron chi connectivity index (χ4n) is 1.29. The second kappa shape index (κ2) is 4.45. The summed E-state index contributed by atoms with van der Waals surface area (Å²) in [7, 11) is 0. The Morgan fingerprint density at radius 3 is 2.94 bits per heavy atom. The summed E-state index contributed by atoms with van der Waals surface area (Å²) in [5.74, 6) is -1.69. The summed E-state index contributed by atoms with van der Waals surface area (Å²) in [6.45, 7) is -0.116. The van der Waals surface area contributed by atoms with Gasteiger partial charge < -0.3 is 19.7 Å². The summed E-state index contributed by atoms with van der Waals surface area (Å²) in [5.41, 5.74) is -0.135. The Kier molecular flexibility index (Phi) is 2.98. The molecule has 0 atom stereocenters. The van der Waals surface area contributed by atoms with Crippen molar-refractivity contribution in [2.75, 3.05) is 0 Å². The van der Waals surface area contributed by atoms with Crippen LogP contribution in [0.4, 0.5) is 5.82 Å². The van der Waals surface area contributed by atoms with Gasteiger partial charge in [0.05, 0.1) is 17.5 Å². The predicted molar refractivity (Wildman–Crippen MR) is 56.5 cm³/mol. The molecule has 94 valence electrons. The van der Waals surface area contributed by atoms with Crippen molar-refractivity contribution < 1.29 is 19.3 Å². The molecule has 0 spiro atoms. The molecule has 18 heavy (non-hydrogen) atoms. The molecule has 0 aliphatic carbocycles. The molecule has 0 unspecified atom stereocenters. The third kappa shape index (κ3) is 2.15. The van der Waals surface area contributed by atoms with E-state index in [9.17, 15) is 14.9 Å². The SMILES string of the molecule is O=C(O)c1cnoc1Cn1cc(Cl)c([N+](=O)[O-])n1. The lowest BCUT2D eigenvalue weighted by Crippen LogP contribution is -2.05. The summed E-state index contributed by atoms with van der Waals surface area (Å²) in [4.78, 5) is 20.6. The van der Waals surface area contributed by atoms with Gasteiger partial charge in [0, 0.05) is 0 Å². The standard InChI is InChI=1S/C8H5ClN4O5/c9-5-2-12(11-7(5)13(16)17)3-6-4(8(14)15)1-10-18-6/h1-2H,3H2,(H,14,15). The quantitative estimate of drug-likeness (QED) is 0.654. The highest BCUT2D eigenvalue weighted by molar-refractivity contribution is 6.32. The van der Waals surface area contributed by atoms with E-state index in [4.69, 9.17) is 21.2 Å². The van der Waals surface area contributed by atoms with E-state index in [1.807, 2.05) is 0 Å². The van der Waals surface area contributed by atoms with Crippen LogP contribution < -0.4 is 0 Å². The number of halogens is 1. The average molecular weight is 273 g/mol. The van der Waals surface area contributed by atoms with Crippen molar-refractivity contribution in [1.29, 1.82) is 0 Å². The molecular weight excluding hydrogens is 268 g/mol. The van der Waals surface area contributed by atoms with Gasteiger partial charge in [-0.05, 0) is 4.92 Å². The molecule has 0 aromatic carbocycles. The van der Waals surface area contributed by atoms with Crippen molar-refractivity contribution >= 4 is 23.4 Å². The molecule has 1 N–H and O–H groups in total.